The number of hydrogen-bond acceptors (Lipinski definition) is 5. The number of benzene rings is 1. The molecule has 0 aliphatic carbocycles. The van der Waals surface area contributed by atoms with Gasteiger partial charge in [0.1, 0.15) is 11.5 Å². The Morgan fingerprint density at radius 1 is 1.19 bits per heavy atom. The van der Waals surface area contributed by atoms with Crippen LogP contribution in [0.15, 0.2) is 48.8 Å². The van der Waals surface area contributed by atoms with Crippen LogP contribution in [0, 0.1) is 5.92 Å². The minimum atomic E-state index is -0.0932. The fourth-order valence-corrected chi connectivity index (χ4v) is 3.10. The smallest absolute Gasteiger partial charge is 0.257 e. The van der Waals surface area contributed by atoms with Gasteiger partial charge in [0.25, 0.3) is 5.91 Å². The van der Waals surface area contributed by atoms with Crippen LogP contribution in [0.25, 0.3) is 0 Å². The highest BCUT2D eigenvalue weighted by atomic mass is 16.5. The van der Waals surface area contributed by atoms with E-state index in [0.717, 1.165) is 25.9 Å². The number of hydrogen-bond donors (Lipinski definition) is 1. The summed E-state index contributed by atoms with van der Waals surface area (Å²) in [4.78, 5) is 18.4. The number of carbonyl (C=O) groups excluding carboxylic acids is 1. The summed E-state index contributed by atoms with van der Waals surface area (Å²) >= 11 is 0. The predicted octanol–water partition coefficient (Wildman–Crippen LogP) is 2.50. The molecule has 0 saturated carbocycles. The first-order chi connectivity index (χ1) is 12.7. The van der Waals surface area contributed by atoms with E-state index in [1.165, 1.54) is 5.69 Å². The molecule has 0 bridgehead atoms. The maximum atomic E-state index is 12.0. The SMILES string of the molecule is COc1cccc(OCC(=O)NCC2CCN(c3ccncc3)CC2)c1. The summed E-state index contributed by atoms with van der Waals surface area (Å²) in [6, 6.07) is 11.3. The third-order valence-electron chi connectivity index (χ3n) is 4.64. The van der Waals surface area contributed by atoms with Crippen molar-refractivity contribution in [2.45, 2.75) is 12.8 Å². The van der Waals surface area contributed by atoms with Gasteiger partial charge in [0.15, 0.2) is 6.61 Å². The van der Waals surface area contributed by atoms with Crippen LogP contribution in [0.5, 0.6) is 11.5 Å². The zero-order valence-electron chi connectivity index (χ0n) is 15.1. The summed E-state index contributed by atoms with van der Waals surface area (Å²) < 4.78 is 10.7. The number of nitrogens with zero attached hydrogens (tertiary/aromatic N) is 2. The quantitative estimate of drug-likeness (QED) is 0.827. The van der Waals surface area contributed by atoms with E-state index in [-0.39, 0.29) is 12.5 Å². The van der Waals surface area contributed by atoms with Crippen LogP contribution >= 0.6 is 0 Å². The van der Waals surface area contributed by atoms with Crippen molar-refractivity contribution in [3.63, 3.8) is 0 Å². The zero-order chi connectivity index (χ0) is 18.2. The molecule has 0 unspecified atom stereocenters. The van der Waals surface area contributed by atoms with E-state index in [1.807, 2.05) is 42.7 Å². The van der Waals surface area contributed by atoms with Crippen molar-refractivity contribution in [3.8, 4) is 11.5 Å². The molecule has 1 saturated heterocycles. The Labute approximate surface area is 154 Å². The number of methoxy groups -OCH3 is 1. The predicted molar refractivity (Wildman–Crippen MR) is 101 cm³/mol. The molecule has 1 fully saturated rings. The Morgan fingerprint density at radius 3 is 2.65 bits per heavy atom. The summed E-state index contributed by atoms with van der Waals surface area (Å²) in [5.74, 6) is 1.76. The van der Waals surface area contributed by atoms with Gasteiger partial charge in [-0.25, -0.2) is 0 Å². The largest absolute Gasteiger partial charge is 0.497 e. The van der Waals surface area contributed by atoms with E-state index in [1.54, 1.807) is 13.2 Å². The Hall–Kier alpha value is -2.76. The molecule has 6 heteroatoms. The van der Waals surface area contributed by atoms with E-state index in [0.29, 0.717) is 24.0 Å². The molecule has 1 N–H and O–H groups in total. The van der Waals surface area contributed by atoms with Crippen LogP contribution in [-0.4, -0.2) is 44.2 Å². The third kappa shape index (κ3) is 5.12. The number of nitrogens with one attached hydrogen (secondary N) is 1. The van der Waals surface area contributed by atoms with Gasteiger partial charge in [-0.3, -0.25) is 9.78 Å². The van der Waals surface area contributed by atoms with Crippen LogP contribution in [0.4, 0.5) is 5.69 Å². The molecule has 1 aliphatic heterocycles. The molecule has 2 aromatic rings. The lowest BCUT2D eigenvalue weighted by atomic mass is 9.96. The average Bonchev–Trinajstić information content (AvgIpc) is 2.72. The molecule has 3 rings (SSSR count). The first kappa shape index (κ1) is 18.0. The Bertz CT molecular complexity index is 700. The number of carbonyl (C=O) groups is 1. The lowest BCUT2D eigenvalue weighted by Gasteiger charge is -2.33. The lowest BCUT2D eigenvalue weighted by molar-refractivity contribution is -0.123. The van der Waals surface area contributed by atoms with Crippen LogP contribution in [0.2, 0.25) is 0 Å². The lowest BCUT2D eigenvalue weighted by Crippen LogP contribution is -2.39. The van der Waals surface area contributed by atoms with Crippen molar-refractivity contribution < 1.29 is 14.3 Å². The zero-order valence-corrected chi connectivity index (χ0v) is 15.1. The normalized spacial score (nSPS) is 14.7. The van der Waals surface area contributed by atoms with E-state index in [2.05, 4.69) is 15.2 Å². The van der Waals surface area contributed by atoms with E-state index in [4.69, 9.17) is 9.47 Å². The third-order valence-corrected chi connectivity index (χ3v) is 4.64. The van der Waals surface area contributed by atoms with Gasteiger partial charge in [-0.2, -0.15) is 0 Å². The number of aromatic nitrogens is 1. The van der Waals surface area contributed by atoms with Crippen molar-refractivity contribution in [2.24, 2.45) is 5.92 Å². The molecule has 0 atom stereocenters. The van der Waals surface area contributed by atoms with Crippen LogP contribution in [0.3, 0.4) is 0 Å². The van der Waals surface area contributed by atoms with Gasteiger partial charge in [0.05, 0.1) is 7.11 Å². The van der Waals surface area contributed by atoms with Crippen molar-refractivity contribution >= 4 is 11.6 Å². The second-order valence-electron chi connectivity index (χ2n) is 6.41. The highest BCUT2D eigenvalue weighted by molar-refractivity contribution is 5.77. The highest BCUT2D eigenvalue weighted by Gasteiger charge is 2.20. The van der Waals surface area contributed by atoms with E-state index in [9.17, 15) is 4.79 Å². The van der Waals surface area contributed by atoms with Gasteiger partial charge in [-0.1, -0.05) is 6.07 Å². The Kier molecular flexibility index (Phi) is 6.30. The first-order valence-corrected chi connectivity index (χ1v) is 8.93. The van der Waals surface area contributed by atoms with Crippen molar-refractivity contribution in [1.82, 2.24) is 10.3 Å². The molecular weight excluding hydrogens is 330 g/mol. The molecule has 2 heterocycles. The number of pyridine rings is 1. The molecule has 6 nitrogen and oxygen atoms in total. The number of rotatable bonds is 7. The minimum Gasteiger partial charge on any atom is -0.497 e. The van der Waals surface area contributed by atoms with Gasteiger partial charge < -0.3 is 19.7 Å². The summed E-state index contributed by atoms with van der Waals surface area (Å²) in [5, 5.41) is 2.98. The average molecular weight is 355 g/mol. The number of ether oxygens (including phenoxy) is 2. The second-order valence-corrected chi connectivity index (χ2v) is 6.41. The second kappa shape index (κ2) is 9.08. The molecule has 1 aromatic carbocycles. The Morgan fingerprint density at radius 2 is 1.92 bits per heavy atom. The molecule has 138 valence electrons. The van der Waals surface area contributed by atoms with Crippen molar-refractivity contribution in [3.05, 3.63) is 48.8 Å². The van der Waals surface area contributed by atoms with Gasteiger partial charge >= 0.3 is 0 Å². The monoisotopic (exact) mass is 355 g/mol. The molecule has 1 amide bonds. The maximum Gasteiger partial charge on any atom is 0.257 e. The topological polar surface area (TPSA) is 63.7 Å². The van der Waals surface area contributed by atoms with Gasteiger partial charge in [-0.15, -0.1) is 0 Å². The highest BCUT2D eigenvalue weighted by Crippen LogP contribution is 2.22. The van der Waals surface area contributed by atoms with E-state index < -0.39 is 0 Å². The summed E-state index contributed by atoms with van der Waals surface area (Å²) in [6.07, 6.45) is 5.78. The van der Waals surface area contributed by atoms with Crippen molar-refractivity contribution in [2.75, 3.05) is 38.3 Å². The fourth-order valence-electron chi connectivity index (χ4n) is 3.10. The van der Waals surface area contributed by atoms with Crippen LogP contribution < -0.4 is 19.7 Å². The van der Waals surface area contributed by atoms with Gasteiger partial charge in [0, 0.05) is 43.8 Å². The maximum absolute atomic E-state index is 12.0. The van der Waals surface area contributed by atoms with E-state index >= 15 is 0 Å². The molecule has 26 heavy (non-hydrogen) atoms. The van der Waals surface area contributed by atoms with Crippen molar-refractivity contribution in [1.29, 1.82) is 0 Å². The van der Waals surface area contributed by atoms with Gasteiger partial charge in [-0.05, 0) is 43.0 Å². The first-order valence-electron chi connectivity index (χ1n) is 8.93. The summed E-state index contributed by atoms with van der Waals surface area (Å²) in [6.45, 7) is 2.73. The standard InChI is InChI=1S/C20H25N3O3/c1-25-18-3-2-4-19(13-18)26-15-20(24)22-14-16-7-11-23(12-8-16)17-5-9-21-10-6-17/h2-6,9-10,13,16H,7-8,11-12,14-15H2,1H3,(H,22,24). The molecular formula is C20H25N3O3. The van der Waals surface area contributed by atoms with Crippen LogP contribution in [0.1, 0.15) is 12.8 Å². The minimum absolute atomic E-state index is 0.0169. The summed E-state index contributed by atoms with van der Waals surface area (Å²) in [7, 11) is 1.60. The molecule has 0 radical (unpaired) electrons. The molecule has 1 aliphatic rings. The fraction of sp³-hybridized carbons (Fsp3) is 0.400. The number of anilines is 1. The summed E-state index contributed by atoms with van der Waals surface area (Å²) in [5.41, 5.74) is 1.22. The molecule has 1 aromatic heterocycles. The number of amides is 1. The number of piperidine rings is 1. The van der Waals surface area contributed by atoms with Gasteiger partial charge in [0.2, 0.25) is 0 Å². The Balaban J connectivity index is 1.36. The van der Waals surface area contributed by atoms with Crippen LogP contribution in [-0.2, 0) is 4.79 Å². The molecule has 0 spiro atoms.